The highest BCUT2D eigenvalue weighted by molar-refractivity contribution is 8.00. The van der Waals surface area contributed by atoms with Gasteiger partial charge in [0.25, 0.3) is 0 Å². The van der Waals surface area contributed by atoms with E-state index in [-0.39, 0.29) is 17.4 Å². The Labute approximate surface area is 192 Å². The third-order valence-electron chi connectivity index (χ3n) is 5.58. The Balaban J connectivity index is 1.32. The zero-order chi connectivity index (χ0) is 22.2. The van der Waals surface area contributed by atoms with Gasteiger partial charge < -0.3 is 10.2 Å². The van der Waals surface area contributed by atoms with Crippen molar-refractivity contribution >= 4 is 45.1 Å². The van der Waals surface area contributed by atoms with Gasteiger partial charge in [0.1, 0.15) is 15.7 Å². The number of thiophene rings is 1. The lowest BCUT2D eigenvalue weighted by Gasteiger charge is -2.34. The molecule has 1 fully saturated rings. The lowest BCUT2D eigenvalue weighted by Crippen LogP contribution is -2.53. The Bertz CT molecular complexity index is 990. The molecule has 0 bridgehead atoms. The van der Waals surface area contributed by atoms with E-state index in [0.29, 0.717) is 25.4 Å². The van der Waals surface area contributed by atoms with Crippen LogP contribution in [0, 0.1) is 6.92 Å². The SMILES string of the molecule is Cc1nc(SCC(=O)N2CCN(CC(=O)NC(C)(C)C)CC2)c2c3c(sc2n1)CCC3. The normalized spacial score (nSPS) is 17.2. The average molecular weight is 462 g/mol. The topological polar surface area (TPSA) is 78.4 Å². The highest BCUT2D eigenvalue weighted by Gasteiger charge is 2.25. The second-order valence-corrected chi connectivity index (χ2v) is 11.4. The van der Waals surface area contributed by atoms with Gasteiger partial charge in [-0.25, -0.2) is 9.97 Å². The molecule has 31 heavy (non-hydrogen) atoms. The highest BCUT2D eigenvalue weighted by atomic mass is 32.2. The summed E-state index contributed by atoms with van der Waals surface area (Å²) in [6, 6.07) is 0. The van der Waals surface area contributed by atoms with Crippen LogP contribution in [-0.2, 0) is 22.4 Å². The summed E-state index contributed by atoms with van der Waals surface area (Å²) in [5.41, 5.74) is 1.18. The Morgan fingerprint density at radius 3 is 2.58 bits per heavy atom. The minimum absolute atomic E-state index is 0.0364. The number of hydrogen-bond acceptors (Lipinski definition) is 7. The molecule has 9 heteroatoms. The van der Waals surface area contributed by atoms with Crippen molar-refractivity contribution in [2.45, 2.75) is 57.5 Å². The molecule has 1 N–H and O–H groups in total. The zero-order valence-electron chi connectivity index (χ0n) is 18.8. The molecule has 0 spiro atoms. The van der Waals surface area contributed by atoms with Crippen molar-refractivity contribution in [1.29, 1.82) is 0 Å². The number of nitrogens with one attached hydrogen (secondary N) is 1. The highest BCUT2D eigenvalue weighted by Crippen LogP contribution is 2.40. The van der Waals surface area contributed by atoms with E-state index in [0.717, 1.165) is 41.6 Å². The molecule has 4 rings (SSSR count). The van der Waals surface area contributed by atoms with Crippen molar-refractivity contribution in [3.63, 3.8) is 0 Å². The number of piperazine rings is 1. The van der Waals surface area contributed by atoms with Crippen LogP contribution in [0.25, 0.3) is 10.2 Å². The molecule has 0 radical (unpaired) electrons. The van der Waals surface area contributed by atoms with Crippen LogP contribution < -0.4 is 5.32 Å². The molecule has 1 aliphatic carbocycles. The third-order valence-corrected chi connectivity index (χ3v) is 7.73. The van der Waals surface area contributed by atoms with Crippen LogP contribution >= 0.6 is 23.1 Å². The quantitative estimate of drug-likeness (QED) is 0.545. The van der Waals surface area contributed by atoms with Crippen molar-refractivity contribution < 1.29 is 9.59 Å². The van der Waals surface area contributed by atoms with E-state index in [9.17, 15) is 9.59 Å². The molecule has 2 aliphatic rings. The lowest BCUT2D eigenvalue weighted by atomic mass is 10.1. The second kappa shape index (κ2) is 9.03. The van der Waals surface area contributed by atoms with Gasteiger partial charge in [-0.3, -0.25) is 14.5 Å². The van der Waals surface area contributed by atoms with Crippen molar-refractivity contribution in [3.05, 3.63) is 16.3 Å². The van der Waals surface area contributed by atoms with Crippen molar-refractivity contribution in [3.8, 4) is 0 Å². The first kappa shape index (κ1) is 22.5. The molecule has 1 aliphatic heterocycles. The molecular formula is C22H31N5O2S2. The Kier molecular flexibility index (Phi) is 6.55. The van der Waals surface area contributed by atoms with Gasteiger partial charge in [0, 0.05) is 42.0 Å². The molecule has 0 unspecified atom stereocenters. The number of thioether (sulfide) groups is 1. The van der Waals surface area contributed by atoms with Crippen molar-refractivity contribution in [1.82, 2.24) is 25.1 Å². The number of fused-ring (bicyclic) bond motifs is 3. The fourth-order valence-corrected chi connectivity index (χ4v) is 6.58. The number of nitrogens with zero attached hydrogens (tertiary/aromatic N) is 4. The van der Waals surface area contributed by atoms with Crippen LogP contribution in [0.3, 0.4) is 0 Å². The van der Waals surface area contributed by atoms with E-state index in [1.54, 1.807) is 23.1 Å². The molecule has 2 amide bonds. The van der Waals surface area contributed by atoms with Crippen LogP contribution in [0.1, 0.15) is 43.5 Å². The molecule has 7 nitrogen and oxygen atoms in total. The summed E-state index contributed by atoms with van der Waals surface area (Å²) in [7, 11) is 0. The maximum absolute atomic E-state index is 12.8. The van der Waals surface area contributed by atoms with Crippen molar-refractivity contribution in [2.24, 2.45) is 0 Å². The van der Waals surface area contributed by atoms with Crippen LogP contribution in [0.2, 0.25) is 0 Å². The first-order valence-electron chi connectivity index (χ1n) is 10.9. The van der Waals surface area contributed by atoms with Gasteiger partial charge >= 0.3 is 0 Å². The number of rotatable bonds is 5. The van der Waals surface area contributed by atoms with Gasteiger partial charge in [-0.2, -0.15) is 0 Å². The van der Waals surface area contributed by atoms with E-state index < -0.39 is 0 Å². The summed E-state index contributed by atoms with van der Waals surface area (Å²) < 4.78 is 0. The molecule has 1 saturated heterocycles. The largest absolute Gasteiger partial charge is 0.350 e. The molecule has 168 valence electrons. The van der Waals surface area contributed by atoms with Gasteiger partial charge in [0.05, 0.1) is 12.3 Å². The molecule has 0 saturated carbocycles. The number of carbonyl (C=O) groups excluding carboxylic acids is 2. The maximum atomic E-state index is 12.8. The summed E-state index contributed by atoms with van der Waals surface area (Å²) in [5, 5.41) is 5.13. The predicted molar refractivity (Wildman–Crippen MR) is 126 cm³/mol. The van der Waals surface area contributed by atoms with Gasteiger partial charge in [-0.05, 0) is 52.5 Å². The molecule has 0 aromatic carbocycles. The molecule has 3 heterocycles. The molecule has 0 atom stereocenters. The van der Waals surface area contributed by atoms with Gasteiger partial charge in [-0.15, -0.1) is 11.3 Å². The van der Waals surface area contributed by atoms with E-state index >= 15 is 0 Å². The van der Waals surface area contributed by atoms with E-state index in [1.807, 2.05) is 32.6 Å². The first-order chi connectivity index (χ1) is 14.7. The molecule has 2 aromatic rings. The average Bonchev–Trinajstić information content (AvgIpc) is 3.25. The summed E-state index contributed by atoms with van der Waals surface area (Å²) in [6.45, 7) is 11.0. The number of hydrogen-bond donors (Lipinski definition) is 1. The van der Waals surface area contributed by atoms with Crippen LogP contribution in [-0.4, -0.2) is 75.6 Å². The van der Waals surface area contributed by atoms with Crippen LogP contribution in [0.5, 0.6) is 0 Å². The molecular weight excluding hydrogens is 430 g/mol. The summed E-state index contributed by atoms with van der Waals surface area (Å²) in [4.78, 5) is 40.8. The smallest absolute Gasteiger partial charge is 0.234 e. The Morgan fingerprint density at radius 2 is 1.87 bits per heavy atom. The number of aromatic nitrogens is 2. The number of amides is 2. The van der Waals surface area contributed by atoms with Crippen molar-refractivity contribution in [2.75, 3.05) is 38.5 Å². The third kappa shape index (κ3) is 5.38. The lowest BCUT2D eigenvalue weighted by molar-refractivity contribution is -0.130. The summed E-state index contributed by atoms with van der Waals surface area (Å²) >= 11 is 3.33. The number of carbonyl (C=O) groups is 2. The monoisotopic (exact) mass is 461 g/mol. The van der Waals surface area contributed by atoms with E-state index in [2.05, 4.69) is 20.2 Å². The van der Waals surface area contributed by atoms with Crippen LogP contribution in [0.15, 0.2) is 5.03 Å². The first-order valence-corrected chi connectivity index (χ1v) is 12.7. The fourth-order valence-electron chi connectivity index (χ4n) is 4.21. The molecule has 2 aromatic heterocycles. The Morgan fingerprint density at radius 1 is 1.13 bits per heavy atom. The standard InChI is InChI=1S/C22H31N5O2S2/c1-14-23-20(19-15-6-5-7-16(15)31-21(19)24-14)30-13-18(29)27-10-8-26(9-11-27)12-17(28)25-22(2,3)4/h5-13H2,1-4H3,(H,25,28). The Hall–Kier alpha value is -1.71. The fraction of sp³-hybridized carbons (Fsp3) is 0.636. The predicted octanol–water partition coefficient (Wildman–Crippen LogP) is 2.64. The van der Waals surface area contributed by atoms with E-state index in [1.165, 1.54) is 22.2 Å². The van der Waals surface area contributed by atoms with Gasteiger partial charge in [0.2, 0.25) is 11.8 Å². The van der Waals surface area contributed by atoms with Crippen LogP contribution in [0.4, 0.5) is 0 Å². The summed E-state index contributed by atoms with van der Waals surface area (Å²) in [6.07, 6.45) is 3.43. The minimum Gasteiger partial charge on any atom is -0.350 e. The van der Waals surface area contributed by atoms with Gasteiger partial charge in [0.15, 0.2) is 0 Å². The maximum Gasteiger partial charge on any atom is 0.234 e. The number of aryl methyl sites for hydroxylation is 3. The van der Waals surface area contributed by atoms with Gasteiger partial charge in [-0.1, -0.05) is 11.8 Å². The zero-order valence-corrected chi connectivity index (χ0v) is 20.4. The minimum atomic E-state index is -0.223. The van der Waals surface area contributed by atoms with E-state index in [4.69, 9.17) is 0 Å². The summed E-state index contributed by atoms with van der Waals surface area (Å²) in [5.74, 6) is 1.33. The second-order valence-electron chi connectivity index (χ2n) is 9.36.